The largest absolute Gasteiger partial charge is 0.481 e. The first-order valence-electron chi connectivity index (χ1n) is 22.0. The quantitative estimate of drug-likeness (QED) is 0.0137. The lowest BCUT2D eigenvalue weighted by Crippen LogP contribution is -2.48. The van der Waals surface area contributed by atoms with E-state index in [2.05, 4.69) is 58.8 Å². The third-order valence-electron chi connectivity index (χ3n) is 10.7. The molecule has 6 atom stereocenters. The van der Waals surface area contributed by atoms with Crippen molar-refractivity contribution in [3.8, 4) is 0 Å². The normalized spacial score (nSPS) is 13.4. The zero-order valence-corrected chi connectivity index (χ0v) is 39.5. The van der Waals surface area contributed by atoms with Gasteiger partial charge >= 0.3 is 29.8 Å². The number of anilines is 2. The van der Waals surface area contributed by atoms with Crippen LogP contribution in [0.2, 0.25) is 0 Å². The zero-order chi connectivity index (χ0) is 54.5. The maximum atomic E-state index is 13.8. The Bertz CT molecular complexity index is 2660. The summed E-state index contributed by atoms with van der Waals surface area (Å²) in [6.45, 7) is -0.0205. The predicted octanol–water partition coefficient (Wildman–Crippen LogP) is -1.94. The van der Waals surface area contributed by atoms with Gasteiger partial charge in [0.05, 0.1) is 67.5 Å². The second-order valence-electron chi connectivity index (χ2n) is 16.4. The van der Waals surface area contributed by atoms with Gasteiger partial charge in [0.15, 0.2) is 28.7 Å². The Labute approximate surface area is 418 Å². The number of benzene rings is 1. The number of carbonyl (C=O) groups is 11. The fourth-order valence-electron chi connectivity index (χ4n) is 6.92. The molecule has 3 amide bonds. The fourth-order valence-corrected chi connectivity index (χ4v) is 7.21. The molecule has 73 heavy (non-hydrogen) atoms. The van der Waals surface area contributed by atoms with E-state index in [0.29, 0.717) is 11.4 Å². The Kier molecular flexibility index (Phi) is 22.8. The van der Waals surface area contributed by atoms with Crippen LogP contribution >= 0.6 is 12.6 Å². The topological polar surface area (TPSA) is 499 Å². The number of aliphatic carboxylic acids is 5. The van der Waals surface area contributed by atoms with Crippen LogP contribution in [0.1, 0.15) is 80.3 Å². The number of hydrogen-bond donors (Lipinski definition) is 14. The summed E-state index contributed by atoms with van der Waals surface area (Å²) in [6.07, 6.45) is -5.64. The molecule has 0 aliphatic heterocycles. The van der Waals surface area contributed by atoms with E-state index in [1.54, 1.807) is 0 Å². The minimum absolute atomic E-state index is 0.0207. The first kappa shape index (κ1) is 58.7. The third kappa shape index (κ3) is 20.0. The molecule has 0 aliphatic carbocycles. The lowest BCUT2D eigenvalue weighted by molar-refractivity contribution is -0.145. The van der Waals surface area contributed by atoms with E-state index in [-0.39, 0.29) is 60.3 Å². The van der Waals surface area contributed by atoms with Crippen LogP contribution in [0, 0.1) is 17.8 Å². The van der Waals surface area contributed by atoms with E-state index in [1.165, 1.54) is 30.5 Å². The maximum Gasteiger partial charge on any atom is 0.326 e. The Hall–Kier alpha value is -8.57. The van der Waals surface area contributed by atoms with E-state index >= 15 is 0 Å². The number of aromatic nitrogens is 4. The highest BCUT2D eigenvalue weighted by molar-refractivity contribution is 7.80. The lowest BCUT2D eigenvalue weighted by Gasteiger charge is -2.24. The summed E-state index contributed by atoms with van der Waals surface area (Å²) in [6, 6.07) is 0.620. The standard InChI is InChI=1S/C43H54N12O17S/c44-42(45)47-9-1-2-26(29(57)11-21(14-32(61)62)38(67)53-28(15-33(63)64)30(58)12-22(18-73)40(69)70)51-37(66)20(13-31(59)60)10-25(56)7-8-27(41(71)72)52-36(65)19-3-5-23(6-4-19)48-16-24-17-49-35-34(50-24)39(68)55-43(46)54-35/h3-6,17,20-22,26-28,48,73H,1-2,7-16,18H2,(H,51,66)(H,52,65)(H,53,67)(H,59,60)(H,61,62)(H,63,64)(H,69,70)(H,71,72)(H4,44,45,47)(H3,46,49,54,55,68)/t20-,21-,22-,26-,27-,28-/m0/s1. The molecular weight excluding hydrogens is 989 g/mol. The molecule has 3 rings (SSSR count). The van der Waals surface area contributed by atoms with Gasteiger partial charge in [0, 0.05) is 49.2 Å². The number of amides is 3. The molecule has 2 heterocycles. The van der Waals surface area contributed by atoms with Crippen molar-refractivity contribution in [2.45, 2.75) is 88.9 Å². The molecule has 0 aliphatic rings. The van der Waals surface area contributed by atoms with Crippen LogP contribution in [0.25, 0.3) is 11.2 Å². The Morgan fingerprint density at radius 2 is 1.26 bits per heavy atom. The number of nitrogens with zero attached hydrogens (tertiary/aromatic N) is 4. The van der Waals surface area contributed by atoms with Gasteiger partial charge in [-0.25, -0.2) is 14.8 Å². The first-order valence-corrected chi connectivity index (χ1v) is 22.6. The summed E-state index contributed by atoms with van der Waals surface area (Å²) in [5.41, 5.74) is 16.6. The number of Topliss-reactive ketones (excluding diaryl/α,β-unsaturated/α-hetero) is 3. The number of carboxylic acids is 5. The molecule has 1 aromatic carbocycles. The number of aromatic amines is 1. The van der Waals surface area contributed by atoms with Crippen molar-refractivity contribution in [1.29, 1.82) is 0 Å². The van der Waals surface area contributed by atoms with Gasteiger partial charge in [-0.1, -0.05) is 0 Å². The van der Waals surface area contributed by atoms with Crippen molar-refractivity contribution in [3.63, 3.8) is 0 Å². The Morgan fingerprint density at radius 1 is 0.685 bits per heavy atom. The van der Waals surface area contributed by atoms with Crippen LogP contribution in [-0.4, -0.2) is 147 Å². The van der Waals surface area contributed by atoms with Crippen LogP contribution in [0.3, 0.4) is 0 Å². The van der Waals surface area contributed by atoms with Crippen molar-refractivity contribution >= 4 is 106 Å². The zero-order valence-electron chi connectivity index (χ0n) is 38.6. The monoisotopic (exact) mass is 1040 g/mol. The molecule has 0 saturated heterocycles. The highest BCUT2D eigenvalue weighted by atomic mass is 32.1. The van der Waals surface area contributed by atoms with Gasteiger partial charge in [-0.05, 0) is 43.5 Å². The number of ketones is 3. The molecule has 0 bridgehead atoms. The van der Waals surface area contributed by atoms with Crippen molar-refractivity contribution in [2.24, 2.45) is 34.2 Å². The van der Waals surface area contributed by atoms with Gasteiger partial charge in [-0.2, -0.15) is 17.6 Å². The lowest BCUT2D eigenvalue weighted by atomic mass is 9.90. The fraction of sp³-hybridized carbons (Fsp3) is 0.442. The van der Waals surface area contributed by atoms with Crippen molar-refractivity contribution in [1.82, 2.24) is 35.9 Å². The second kappa shape index (κ2) is 28.3. The summed E-state index contributed by atoms with van der Waals surface area (Å²) < 4.78 is 0. The molecule has 0 saturated carbocycles. The smallest absolute Gasteiger partial charge is 0.326 e. The number of thiol groups is 1. The van der Waals surface area contributed by atoms with Crippen LogP contribution in [0.15, 0.2) is 40.2 Å². The van der Waals surface area contributed by atoms with E-state index in [4.69, 9.17) is 17.2 Å². The highest BCUT2D eigenvalue weighted by Gasteiger charge is 2.35. The summed E-state index contributed by atoms with van der Waals surface area (Å²) in [7, 11) is 0. The maximum absolute atomic E-state index is 13.8. The number of H-pyrrole nitrogens is 1. The minimum Gasteiger partial charge on any atom is -0.481 e. The van der Waals surface area contributed by atoms with Crippen molar-refractivity contribution < 1.29 is 78.3 Å². The molecule has 394 valence electrons. The molecule has 0 radical (unpaired) electrons. The molecule has 0 fully saturated rings. The third-order valence-corrected chi connectivity index (χ3v) is 11.1. The Morgan fingerprint density at radius 3 is 1.82 bits per heavy atom. The second-order valence-corrected chi connectivity index (χ2v) is 16.7. The number of fused-ring (bicyclic) bond motifs is 1. The first-order chi connectivity index (χ1) is 34.4. The summed E-state index contributed by atoms with van der Waals surface area (Å²) >= 11 is 3.86. The molecular formula is C43H54N12O17S. The van der Waals surface area contributed by atoms with Gasteiger partial charge in [0.2, 0.25) is 17.8 Å². The number of nitrogens with one attached hydrogen (secondary N) is 5. The number of carboxylic acid groups (broad SMARTS) is 5. The minimum atomic E-state index is -1.85. The molecule has 0 spiro atoms. The van der Waals surface area contributed by atoms with Crippen LogP contribution in [0.5, 0.6) is 0 Å². The Balaban J connectivity index is 1.71. The van der Waals surface area contributed by atoms with Gasteiger partial charge < -0.3 is 64.0 Å². The number of guanidine groups is 1. The van der Waals surface area contributed by atoms with E-state index < -0.39 is 158 Å². The molecule has 30 heteroatoms. The number of hydrogen-bond acceptors (Lipinski definition) is 19. The number of aliphatic imine (C=N–C) groups is 1. The summed E-state index contributed by atoms with van der Waals surface area (Å²) in [5, 5.41) is 57.6. The number of carbonyl (C=O) groups excluding carboxylic acids is 6. The van der Waals surface area contributed by atoms with E-state index in [0.717, 1.165) is 0 Å². The summed E-state index contributed by atoms with van der Waals surface area (Å²) in [4.78, 5) is 170. The molecule has 16 N–H and O–H groups in total. The molecule has 0 unspecified atom stereocenters. The van der Waals surface area contributed by atoms with Crippen LogP contribution < -0.4 is 44.0 Å². The van der Waals surface area contributed by atoms with Crippen molar-refractivity contribution in [2.75, 3.05) is 23.3 Å². The molecule has 3 aromatic rings. The van der Waals surface area contributed by atoms with Gasteiger partial charge in [0.25, 0.3) is 11.5 Å². The van der Waals surface area contributed by atoms with Gasteiger partial charge in [0.1, 0.15) is 11.8 Å². The van der Waals surface area contributed by atoms with E-state index in [1.807, 2.05) is 0 Å². The number of nitrogens with two attached hydrogens (primary N) is 3. The summed E-state index contributed by atoms with van der Waals surface area (Å²) in [5.74, 6) is -19.6. The van der Waals surface area contributed by atoms with Crippen LogP contribution in [-0.2, 0) is 54.5 Å². The molecule has 29 nitrogen and oxygen atoms in total. The average Bonchev–Trinajstić information content (AvgIpc) is 3.30. The van der Waals surface area contributed by atoms with Gasteiger partial charge in [-0.15, -0.1) is 0 Å². The predicted molar refractivity (Wildman–Crippen MR) is 256 cm³/mol. The van der Waals surface area contributed by atoms with Gasteiger partial charge in [-0.3, -0.25) is 62.7 Å². The average molecular weight is 1040 g/mol. The number of nitrogen functional groups attached to an aromatic ring is 1. The molecule has 2 aromatic heterocycles. The van der Waals surface area contributed by atoms with Crippen LogP contribution in [0.4, 0.5) is 11.6 Å². The number of rotatable bonds is 33. The van der Waals surface area contributed by atoms with Crippen molar-refractivity contribution in [3.05, 3.63) is 52.1 Å². The SMILES string of the molecule is NC(N)=NCCC[C@H](NC(=O)[C@H](CC(=O)O)CC(=O)CC[C@H](NC(=O)c1ccc(NCc2cnc3nc(N)[nH]c(=O)c3n2)cc1)C(=O)O)C(=O)C[C@@H](CC(=O)O)C(=O)N[C@@H](CC(=O)O)C(=O)C[C@@H](CS)C(=O)O. The van der Waals surface area contributed by atoms with E-state index in [9.17, 15) is 83.1 Å². The highest BCUT2D eigenvalue weighted by Crippen LogP contribution is 2.20.